The highest BCUT2D eigenvalue weighted by Crippen LogP contribution is 2.24. The van der Waals surface area contributed by atoms with E-state index in [1.54, 1.807) is 0 Å². The molecule has 1 aliphatic carbocycles. The standard InChI is InChI=1S/C10H22N2O3S/c1-3-10(7-11)16(13,14)12-8-5-9(6-8)15-4-2/h8-10,12H,3-7,11H2,1-2H3. The quantitative estimate of drug-likeness (QED) is 0.677. The van der Waals surface area contributed by atoms with Gasteiger partial charge in [-0.25, -0.2) is 13.1 Å². The van der Waals surface area contributed by atoms with Gasteiger partial charge in [0.2, 0.25) is 10.0 Å². The van der Waals surface area contributed by atoms with Crippen molar-refractivity contribution in [1.29, 1.82) is 0 Å². The summed E-state index contributed by atoms with van der Waals surface area (Å²) < 4.78 is 31.7. The number of hydrogen-bond donors (Lipinski definition) is 2. The molecule has 3 N–H and O–H groups in total. The van der Waals surface area contributed by atoms with E-state index >= 15 is 0 Å². The van der Waals surface area contributed by atoms with Gasteiger partial charge in [0, 0.05) is 19.2 Å². The summed E-state index contributed by atoms with van der Waals surface area (Å²) in [4.78, 5) is 0. The van der Waals surface area contributed by atoms with Gasteiger partial charge in [-0.15, -0.1) is 0 Å². The van der Waals surface area contributed by atoms with Crippen LogP contribution in [0.1, 0.15) is 33.1 Å². The molecule has 1 fully saturated rings. The van der Waals surface area contributed by atoms with Crippen molar-refractivity contribution in [1.82, 2.24) is 4.72 Å². The number of rotatable bonds is 7. The summed E-state index contributed by atoms with van der Waals surface area (Å²) in [5.41, 5.74) is 5.44. The van der Waals surface area contributed by atoms with Gasteiger partial charge in [-0.3, -0.25) is 0 Å². The number of ether oxygens (including phenoxy) is 1. The molecule has 0 bridgehead atoms. The van der Waals surface area contributed by atoms with Crippen molar-refractivity contribution in [3.63, 3.8) is 0 Å². The van der Waals surface area contributed by atoms with Gasteiger partial charge < -0.3 is 10.5 Å². The molecule has 96 valence electrons. The van der Waals surface area contributed by atoms with E-state index in [4.69, 9.17) is 10.5 Å². The third-order valence-electron chi connectivity index (χ3n) is 2.99. The summed E-state index contributed by atoms with van der Waals surface area (Å²) in [6.45, 7) is 4.64. The molecule has 0 aliphatic heterocycles. The van der Waals surface area contributed by atoms with Crippen LogP contribution in [0, 0.1) is 0 Å². The van der Waals surface area contributed by atoms with Gasteiger partial charge in [-0.1, -0.05) is 6.92 Å². The van der Waals surface area contributed by atoms with Gasteiger partial charge in [-0.2, -0.15) is 0 Å². The van der Waals surface area contributed by atoms with Crippen LogP contribution in [0.15, 0.2) is 0 Å². The fraction of sp³-hybridized carbons (Fsp3) is 1.00. The second kappa shape index (κ2) is 5.95. The molecule has 1 atom stereocenters. The fourth-order valence-corrected chi connectivity index (χ4v) is 3.42. The fourth-order valence-electron chi connectivity index (χ4n) is 1.87. The van der Waals surface area contributed by atoms with Crippen LogP contribution >= 0.6 is 0 Å². The van der Waals surface area contributed by atoms with E-state index in [0.29, 0.717) is 13.0 Å². The van der Waals surface area contributed by atoms with E-state index in [2.05, 4.69) is 4.72 Å². The highest BCUT2D eigenvalue weighted by atomic mass is 32.2. The average Bonchev–Trinajstić information content (AvgIpc) is 2.16. The van der Waals surface area contributed by atoms with E-state index in [-0.39, 0.29) is 18.7 Å². The van der Waals surface area contributed by atoms with Crippen molar-refractivity contribution in [2.75, 3.05) is 13.2 Å². The molecule has 1 unspecified atom stereocenters. The van der Waals surface area contributed by atoms with Crippen LogP contribution in [-0.2, 0) is 14.8 Å². The van der Waals surface area contributed by atoms with Gasteiger partial charge >= 0.3 is 0 Å². The predicted molar refractivity (Wildman–Crippen MR) is 63.6 cm³/mol. The smallest absolute Gasteiger partial charge is 0.215 e. The number of sulfonamides is 1. The first kappa shape index (κ1) is 13.9. The lowest BCUT2D eigenvalue weighted by atomic mass is 9.90. The summed E-state index contributed by atoms with van der Waals surface area (Å²) in [6, 6.07) is 0.0298. The first-order valence-corrected chi connectivity index (χ1v) is 7.40. The van der Waals surface area contributed by atoms with E-state index in [0.717, 1.165) is 12.8 Å². The Bertz CT molecular complexity index is 295. The molecule has 1 aliphatic rings. The van der Waals surface area contributed by atoms with Crippen molar-refractivity contribution < 1.29 is 13.2 Å². The lowest BCUT2D eigenvalue weighted by Crippen LogP contribution is -2.51. The molecule has 0 amide bonds. The van der Waals surface area contributed by atoms with Crippen LogP contribution in [0.2, 0.25) is 0 Å². The first-order valence-electron chi connectivity index (χ1n) is 5.86. The highest BCUT2D eigenvalue weighted by molar-refractivity contribution is 7.90. The topological polar surface area (TPSA) is 81.4 Å². The Morgan fingerprint density at radius 1 is 1.44 bits per heavy atom. The number of nitrogens with two attached hydrogens (primary N) is 1. The van der Waals surface area contributed by atoms with Crippen molar-refractivity contribution in [2.24, 2.45) is 5.73 Å². The molecule has 16 heavy (non-hydrogen) atoms. The highest BCUT2D eigenvalue weighted by Gasteiger charge is 2.34. The molecule has 5 nitrogen and oxygen atoms in total. The van der Waals surface area contributed by atoms with Gasteiger partial charge in [0.05, 0.1) is 11.4 Å². The van der Waals surface area contributed by atoms with Crippen molar-refractivity contribution in [2.45, 2.75) is 50.5 Å². The molecule has 0 aromatic rings. The molecular formula is C10H22N2O3S. The van der Waals surface area contributed by atoms with E-state index < -0.39 is 15.3 Å². The molecule has 6 heteroatoms. The van der Waals surface area contributed by atoms with Crippen LogP contribution in [0.4, 0.5) is 0 Å². The molecule has 0 heterocycles. The zero-order valence-electron chi connectivity index (χ0n) is 9.98. The number of hydrogen-bond acceptors (Lipinski definition) is 4. The summed E-state index contributed by atoms with van der Waals surface area (Å²) in [6.07, 6.45) is 2.31. The first-order chi connectivity index (χ1) is 7.53. The van der Waals surface area contributed by atoms with Crippen molar-refractivity contribution in [3.05, 3.63) is 0 Å². The summed E-state index contributed by atoms with van der Waals surface area (Å²) in [7, 11) is -3.25. The zero-order chi connectivity index (χ0) is 12.2. The molecular weight excluding hydrogens is 228 g/mol. The van der Waals surface area contributed by atoms with Crippen LogP contribution in [0.25, 0.3) is 0 Å². The normalized spacial score (nSPS) is 27.4. The minimum Gasteiger partial charge on any atom is -0.378 e. The largest absolute Gasteiger partial charge is 0.378 e. The zero-order valence-corrected chi connectivity index (χ0v) is 10.8. The summed E-state index contributed by atoms with van der Waals surface area (Å²) in [5, 5.41) is -0.473. The maximum Gasteiger partial charge on any atom is 0.215 e. The predicted octanol–water partition coefficient (Wildman–Crippen LogP) is 0.211. The Morgan fingerprint density at radius 3 is 2.50 bits per heavy atom. The van der Waals surface area contributed by atoms with Gasteiger partial charge in [0.25, 0.3) is 0 Å². The summed E-state index contributed by atoms with van der Waals surface area (Å²) >= 11 is 0. The van der Waals surface area contributed by atoms with Crippen LogP contribution in [-0.4, -0.2) is 39.0 Å². The summed E-state index contributed by atoms with van der Waals surface area (Å²) in [5.74, 6) is 0. The second-order valence-electron chi connectivity index (χ2n) is 4.17. The SMILES string of the molecule is CCOC1CC(NS(=O)(=O)C(CC)CN)C1. The van der Waals surface area contributed by atoms with Gasteiger partial charge in [-0.05, 0) is 26.2 Å². The molecule has 0 aromatic heterocycles. The number of nitrogens with one attached hydrogen (secondary N) is 1. The Hall–Kier alpha value is -0.170. The van der Waals surface area contributed by atoms with Crippen molar-refractivity contribution in [3.8, 4) is 0 Å². The molecule has 1 saturated carbocycles. The van der Waals surface area contributed by atoms with E-state index in [1.165, 1.54) is 0 Å². The maximum atomic E-state index is 11.8. The Balaban J connectivity index is 2.38. The Labute approximate surface area is 97.8 Å². The molecule has 1 rings (SSSR count). The maximum absolute atomic E-state index is 11.8. The van der Waals surface area contributed by atoms with E-state index in [9.17, 15) is 8.42 Å². The lowest BCUT2D eigenvalue weighted by molar-refractivity contribution is -0.00480. The van der Waals surface area contributed by atoms with Gasteiger partial charge in [0.15, 0.2) is 0 Å². The van der Waals surface area contributed by atoms with Crippen LogP contribution in [0.3, 0.4) is 0 Å². The third kappa shape index (κ3) is 3.41. The van der Waals surface area contributed by atoms with Crippen LogP contribution < -0.4 is 10.5 Å². The average molecular weight is 250 g/mol. The van der Waals surface area contributed by atoms with Crippen molar-refractivity contribution >= 4 is 10.0 Å². The lowest BCUT2D eigenvalue weighted by Gasteiger charge is -2.35. The Kier molecular flexibility index (Phi) is 5.17. The third-order valence-corrected chi connectivity index (χ3v) is 5.05. The monoisotopic (exact) mass is 250 g/mol. The van der Waals surface area contributed by atoms with Crippen LogP contribution in [0.5, 0.6) is 0 Å². The minimum absolute atomic E-state index is 0.0298. The minimum atomic E-state index is -3.25. The second-order valence-corrected chi connectivity index (χ2v) is 6.17. The van der Waals surface area contributed by atoms with E-state index in [1.807, 2.05) is 13.8 Å². The van der Waals surface area contributed by atoms with Gasteiger partial charge in [0.1, 0.15) is 0 Å². The molecule has 0 saturated heterocycles. The Morgan fingerprint density at radius 2 is 2.06 bits per heavy atom. The molecule has 0 aromatic carbocycles. The molecule has 0 spiro atoms. The molecule has 0 radical (unpaired) electrons.